The molecule has 14 heavy (non-hydrogen) atoms. The van der Waals surface area contributed by atoms with E-state index in [2.05, 4.69) is 0 Å². The Hall–Kier alpha value is -0.240. The minimum absolute atomic E-state index is 0.164. The van der Waals surface area contributed by atoms with E-state index in [9.17, 15) is 15.3 Å². The summed E-state index contributed by atoms with van der Waals surface area (Å²) in [5.41, 5.74) is 0. The van der Waals surface area contributed by atoms with Gasteiger partial charge in [-0.1, -0.05) is 0 Å². The van der Waals surface area contributed by atoms with E-state index < -0.39 is 30.7 Å². The van der Waals surface area contributed by atoms with Crippen molar-refractivity contribution in [3.8, 4) is 0 Å². The van der Waals surface area contributed by atoms with Crippen LogP contribution in [-0.2, 0) is 9.47 Å². The first-order chi connectivity index (χ1) is 6.53. The molecule has 1 aliphatic heterocycles. The van der Waals surface area contributed by atoms with Crippen LogP contribution in [0.1, 0.15) is 6.42 Å². The third kappa shape index (κ3) is 2.22. The minimum atomic E-state index is -2.10. The van der Waals surface area contributed by atoms with Gasteiger partial charge in [0.15, 0.2) is 0 Å². The number of aliphatic hydroxyl groups is 4. The third-order valence-corrected chi connectivity index (χ3v) is 2.28. The zero-order valence-corrected chi connectivity index (χ0v) is 7.96. The lowest BCUT2D eigenvalue weighted by Gasteiger charge is -2.41. The summed E-state index contributed by atoms with van der Waals surface area (Å²) in [4.78, 5) is 0. The lowest BCUT2D eigenvalue weighted by molar-refractivity contribution is -0.336. The molecule has 1 heterocycles. The number of aliphatic hydroxyl groups excluding tert-OH is 3. The van der Waals surface area contributed by atoms with E-state index >= 15 is 0 Å². The Labute approximate surface area is 81.7 Å². The second-order valence-corrected chi connectivity index (χ2v) is 3.45. The molecule has 1 fully saturated rings. The van der Waals surface area contributed by atoms with E-state index in [1.165, 1.54) is 7.11 Å². The fraction of sp³-hybridized carbons (Fsp3) is 1.00. The monoisotopic (exact) mass is 208 g/mol. The molecule has 0 aromatic rings. The van der Waals surface area contributed by atoms with Crippen LogP contribution in [0.5, 0.6) is 0 Å². The van der Waals surface area contributed by atoms with Gasteiger partial charge in [-0.25, -0.2) is 0 Å². The fourth-order valence-electron chi connectivity index (χ4n) is 1.52. The van der Waals surface area contributed by atoms with Crippen LogP contribution in [0.25, 0.3) is 0 Å². The van der Waals surface area contributed by atoms with Gasteiger partial charge in [0.2, 0.25) is 5.79 Å². The molecule has 0 radical (unpaired) electrons. The normalized spacial score (nSPS) is 43.9. The van der Waals surface area contributed by atoms with Gasteiger partial charge < -0.3 is 29.9 Å². The Balaban J connectivity index is 2.66. The molecule has 6 nitrogen and oxygen atoms in total. The molecule has 0 amide bonds. The average molecular weight is 208 g/mol. The second kappa shape index (κ2) is 4.52. The smallest absolute Gasteiger partial charge is 0.218 e. The first kappa shape index (κ1) is 11.8. The van der Waals surface area contributed by atoms with Gasteiger partial charge in [0.25, 0.3) is 0 Å². The van der Waals surface area contributed by atoms with Gasteiger partial charge in [-0.3, -0.25) is 0 Å². The van der Waals surface area contributed by atoms with Crippen molar-refractivity contribution < 1.29 is 29.9 Å². The van der Waals surface area contributed by atoms with Crippen LogP contribution in [-0.4, -0.2) is 64.8 Å². The van der Waals surface area contributed by atoms with Crippen molar-refractivity contribution in [3.63, 3.8) is 0 Å². The molecular weight excluding hydrogens is 192 g/mol. The number of rotatable bonds is 3. The van der Waals surface area contributed by atoms with Crippen LogP contribution in [0.3, 0.4) is 0 Å². The van der Waals surface area contributed by atoms with Crippen LogP contribution in [0, 0.1) is 0 Å². The maximum Gasteiger partial charge on any atom is 0.218 e. The maximum absolute atomic E-state index is 9.58. The molecule has 1 saturated heterocycles. The number of methoxy groups -OCH3 is 1. The largest absolute Gasteiger partial charge is 0.391 e. The highest BCUT2D eigenvalue weighted by Gasteiger charge is 2.47. The summed E-state index contributed by atoms with van der Waals surface area (Å²) >= 11 is 0. The molecule has 1 rings (SSSR count). The van der Waals surface area contributed by atoms with Gasteiger partial charge in [0.05, 0.1) is 25.4 Å². The lowest BCUT2D eigenvalue weighted by Crippen LogP contribution is -2.60. The number of ether oxygens (including phenoxy) is 2. The summed E-state index contributed by atoms with van der Waals surface area (Å²) in [6.07, 6.45) is -2.99. The molecule has 0 bridgehead atoms. The van der Waals surface area contributed by atoms with Crippen molar-refractivity contribution in [3.05, 3.63) is 0 Å². The van der Waals surface area contributed by atoms with Gasteiger partial charge in [-0.2, -0.15) is 0 Å². The van der Waals surface area contributed by atoms with Gasteiger partial charge in [-0.05, 0) is 0 Å². The Kier molecular flexibility index (Phi) is 3.82. The summed E-state index contributed by atoms with van der Waals surface area (Å²) in [6, 6.07) is 0. The molecule has 0 aliphatic carbocycles. The van der Waals surface area contributed by atoms with E-state index in [0.717, 1.165) is 0 Å². The van der Waals surface area contributed by atoms with E-state index in [4.69, 9.17) is 14.6 Å². The van der Waals surface area contributed by atoms with Crippen molar-refractivity contribution in [1.29, 1.82) is 0 Å². The first-order valence-corrected chi connectivity index (χ1v) is 4.39. The molecule has 0 saturated carbocycles. The Morgan fingerprint density at radius 1 is 1.50 bits per heavy atom. The molecule has 4 atom stereocenters. The SMILES string of the molecule is COC[C@@H]1C[C@@H](O)[C@H](O)[C@](O)(CO)O1. The molecule has 0 spiro atoms. The molecule has 0 aromatic carbocycles. The van der Waals surface area contributed by atoms with Gasteiger partial charge >= 0.3 is 0 Å². The van der Waals surface area contributed by atoms with Crippen LogP contribution in [0.4, 0.5) is 0 Å². The van der Waals surface area contributed by atoms with Gasteiger partial charge in [-0.15, -0.1) is 0 Å². The molecule has 1 aliphatic rings. The quantitative estimate of drug-likeness (QED) is 0.421. The molecule has 84 valence electrons. The third-order valence-electron chi connectivity index (χ3n) is 2.28. The van der Waals surface area contributed by atoms with Gasteiger partial charge in [0.1, 0.15) is 6.10 Å². The summed E-state index contributed by atoms with van der Waals surface area (Å²) in [7, 11) is 1.46. The highest BCUT2D eigenvalue weighted by molar-refractivity contribution is 4.90. The molecule has 0 aromatic heterocycles. The zero-order chi connectivity index (χ0) is 10.8. The van der Waals surface area contributed by atoms with Crippen molar-refractivity contribution in [2.75, 3.05) is 20.3 Å². The molecule has 4 N–H and O–H groups in total. The van der Waals surface area contributed by atoms with E-state index in [0.29, 0.717) is 0 Å². The summed E-state index contributed by atoms with van der Waals surface area (Å²) in [5, 5.41) is 37.2. The molecule has 0 unspecified atom stereocenters. The van der Waals surface area contributed by atoms with Crippen molar-refractivity contribution in [2.24, 2.45) is 0 Å². The fourth-order valence-corrected chi connectivity index (χ4v) is 1.52. The number of hydrogen-bond acceptors (Lipinski definition) is 6. The lowest BCUT2D eigenvalue weighted by atomic mass is 9.96. The predicted octanol–water partition coefficient (Wildman–Crippen LogP) is -2.18. The Morgan fingerprint density at radius 3 is 2.64 bits per heavy atom. The van der Waals surface area contributed by atoms with E-state index in [1.807, 2.05) is 0 Å². The van der Waals surface area contributed by atoms with Crippen LogP contribution in [0.2, 0.25) is 0 Å². The summed E-state index contributed by atoms with van der Waals surface area (Å²) < 4.78 is 9.81. The summed E-state index contributed by atoms with van der Waals surface area (Å²) in [6.45, 7) is -0.586. The summed E-state index contributed by atoms with van der Waals surface area (Å²) in [5.74, 6) is -2.10. The topological polar surface area (TPSA) is 99.4 Å². The van der Waals surface area contributed by atoms with E-state index in [1.54, 1.807) is 0 Å². The number of hydrogen-bond donors (Lipinski definition) is 4. The zero-order valence-electron chi connectivity index (χ0n) is 7.96. The van der Waals surface area contributed by atoms with Crippen molar-refractivity contribution in [1.82, 2.24) is 0 Å². The Bertz CT molecular complexity index is 187. The standard InChI is InChI=1S/C8H16O6/c1-13-3-5-2-6(10)7(11)8(12,4-9)14-5/h5-7,9-12H,2-4H2,1H3/t5-,6+,7-,8-/m0/s1. The Morgan fingerprint density at radius 2 is 2.14 bits per heavy atom. The molecule has 6 heteroatoms. The molecular formula is C8H16O6. The van der Waals surface area contributed by atoms with Gasteiger partial charge in [0, 0.05) is 13.5 Å². The highest BCUT2D eigenvalue weighted by Crippen LogP contribution is 2.27. The average Bonchev–Trinajstić information content (AvgIpc) is 2.15. The van der Waals surface area contributed by atoms with Crippen LogP contribution in [0.15, 0.2) is 0 Å². The minimum Gasteiger partial charge on any atom is -0.391 e. The predicted molar refractivity (Wildman–Crippen MR) is 45.4 cm³/mol. The maximum atomic E-state index is 9.58. The first-order valence-electron chi connectivity index (χ1n) is 4.39. The van der Waals surface area contributed by atoms with Crippen molar-refractivity contribution in [2.45, 2.75) is 30.5 Å². The second-order valence-electron chi connectivity index (χ2n) is 3.45. The van der Waals surface area contributed by atoms with Crippen molar-refractivity contribution >= 4 is 0 Å². The highest BCUT2D eigenvalue weighted by atomic mass is 16.7. The van der Waals surface area contributed by atoms with Crippen LogP contribution < -0.4 is 0 Å². The van der Waals surface area contributed by atoms with E-state index in [-0.39, 0.29) is 13.0 Å². The van der Waals surface area contributed by atoms with Crippen LogP contribution >= 0.6 is 0 Å².